The molecular formula is C17H15N7O2S. The second-order valence-corrected chi connectivity index (χ2v) is 7.06. The number of nitrogens with zero attached hydrogens (tertiary/aromatic N) is 6. The average molecular weight is 381 g/mol. The highest BCUT2D eigenvalue weighted by Crippen LogP contribution is 2.17. The number of benzene rings is 1. The molecule has 0 aliphatic carbocycles. The van der Waals surface area contributed by atoms with Crippen LogP contribution in [0.1, 0.15) is 10.7 Å². The Morgan fingerprint density at radius 3 is 2.67 bits per heavy atom. The van der Waals surface area contributed by atoms with Crippen LogP contribution in [-0.4, -0.2) is 35.7 Å². The Hall–Kier alpha value is -3.40. The summed E-state index contributed by atoms with van der Waals surface area (Å²) in [6.45, 7) is 3.34. The summed E-state index contributed by atoms with van der Waals surface area (Å²) >= 11 is 1.26. The number of carbonyl (C=O) groups is 1. The highest BCUT2D eigenvalue weighted by Gasteiger charge is 2.17. The first kappa shape index (κ1) is 17.0. The van der Waals surface area contributed by atoms with E-state index in [0.717, 1.165) is 15.4 Å². The van der Waals surface area contributed by atoms with Gasteiger partial charge in [0.15, 0.2) is 0 Å². The number of fused-ring (bicyclic) bond motifs is 1. The van der Waals surface area contributed by atoms with Crippen LogP contribution in [0.2, 0.25) is 0 Å². The molecule has 0 bridgehead atoms. The number of hydrogen-bond donors (Lipinski definition) is 1. The number of anilines is 1. The molecule has 0 aliphatic rings. The van der Waals surface area contributed by atoms with Crippen LogP contribution in [0, 0.1) is 13.8 Å². The molecule has 9 nitrogen and oxygen atoms in total. The molecule has 3 aromatic heterocycles. The summed E-state index contributed by atoms with van der Waals surface area (Å²) < 4.78 is 2.71. The predicted octanol–water partition coefficient (Wildman–Crippen LogP) is 1.69. The summed E-state index contributed by atoms with van der Waals surface area (Å²) in [7, 11) is 0. The molecule has 0 fully saturated rings. The lowest BCUT2D eigenvalue weighted by Crippen LogP contribution is -2.31. The van der Waals surface area contributed by atoms with E-state index in [2.05, 4.69) is 25.7 Å². The maximum absolute atomic E-state index is 13.0. The number of aromatic nitrogens is 6. The Morgan fingerprint density at radius 1 is 1.19 bits per heavy atom. The van der Waals surface area contributed by atoms with Crippen molar-refractivity contribution in [1.29, 1.82) is 0 Å². The van der Waals surface area contributed by atoms with Crippen molar-refractivity contribution in [2.75, 3.05) is 5.32 Å². The van der Waals surface area contributed by atoms with Crippen LogP contribution >= 0.6 is 11.3 Å². The van der Waals surface area contributed by atoms with E-state index in [1.165, 1.54) is 11.3 Å². The number of rotatable bonds is 4. The standard InChI is InChI=1S/C17H15N7O2S/c1-10-13-8-18-24(12-6-4-3-5-7-12)15(13)16(26)23(22-10)9-14(25)19-17-21-20-11(2)27-17/h3-8H,9H2,1-2H3,(H,19,21,25). The number of carbonyl (C=O) groups excluding carboxylic acids is 1. The van der Waals surface area contributed by atoms with Crippen molar-refractivity contribution in [3.05, 3.63) is 57.6 Å². The summed E-state index contributed by atoms with van der Waals surface area (Å²) in [5.41, 5.74) is 1.37. The van der Waals surface area contributed by atoms with Gasteiger partial charge in [0.05, 0.1) is 17.6 Å². The molecule has 0 aliphatic heterocycles. The minimum absolute atomic E-state index is 0.228. The number of amides is 1. The zero-order valence-corrected chi connectivity index (χ0v) is 15.4. The molecule has 0 saturated heterocycles. The van der Waals surface area contributed by atoms with E-state index in [-0.39, 0.29) is 12.1 Å². The maximum Gasteiger partial charge on any atom is 0.293 e. The maximum atomic E-state index is 13.0. The smallest absolute Gasteiger partial charge is 0.293 e. The lowest BCUT2D eigenvalue weighted by Gasteiger charge is -2.08. The van der Waals surface area contributed by atoms with Gasteiger partial charge in [-0.1, -0.05) is 29.5 Å². The van der Waals surface area contributed by atoms with Crippen molar-refractivity contribution < 1.29 is 4.79 Å². The summed E-state index contributed by atoms with van der Waals surface area (Å²) in [4.78, 5) is 25.3. The van der Waals surface area contributed by atoms with Crippen LogP contribution in [0.15, 0.2) is 41.3 Å². The highest BCUT2D eigenvalue weighted by molar-refractivity contribution is 7.15. The fourth-order valence-corrected chi connectivity index (χ4v) is 3.34. The molecule has 10 heteroatoms. The van der Waals surface area contributed by atoms with Gasteiger partial charge in [-0.05, 0) is 26.0 Å². The van der Waals surface area contributed by atoms with Gasteiger partial charge >= 0.3 is 0 Å². The zero-order chi connectivity index (χ0) is 19.0. The molecule has 0 radical (unpaired) electrons. The second kappa shape index (κ2) is 6.72. The van der Waals surface area contributed by atoms with Gasteiger partial charge in [-0.15, -0.1) is 10.2 Å². The Balaban J connectivity index is 1.72. The quantitative estimate of drug-likeness (QED) is 0.576. The fourth-order valence-electron chi connectivity index (χ4n) is 2.74. The number of para-hydroxylation sites is 1. The molecule has 1 N–H and O–H groups in total. The van der Waals surface area contributed by atoms with Crippen molar-refractivity contribution in [2.45, 2.75) is 20.4 Å². The van der Waals surface area contributed by atoms with Gasteiger partial charge in [0.1, 0.15) is 17.1 Å². The van der Waals surface area contributed by atoms with Crippen LogP contribution < -0.4 is 10.9 Å². The highest BCUT2D eigenvalue weighted by atomic mass is 32.1. The molecule has 0 spiro atoms. The molecule has 3 heterocycles. The molecule has 0 atom stereocenters. The Bertz CT molecular complexity index is 1190. The van der Waals surface area contributed by atoms with Crippen molar-refractivity contribution in [3.8, 4) is 5.69 Å². The molecule has 1 amide bonds. The van der Waals surface area contributed by atoms with E-state index >= 15 is 0 Å². The number of aryl methyl sites for hydroxylation is 2. The zero-order valence-electron chi connectivity index (χ0n) is 14.6. The fraction of sp³-hybridized carbons (Fsp3) is 0.176. The van der Waals surface area contributed by atoms with E-state index in [9.17, 15) is 9.59 Å². The lowest BCUT2D eigenvalue weighted by atomic mass is 10.2. The van der Waals surface area contributed by atoms with Gasteiger partial charge in [0, 0.05) is 5.39 Å². The topological polar surface area (TPSA) is 108 Å². The number of nitrogens with one attached hydrogen (secondary N) is 1. The lowest BCUT2D eigenvalue weighted by molar-refractivity contribution is -0.117. The van der Waals surface area contributed by atoms with Gasteiger partial charge in [0.25, 0.3) is 5.56 Å². The third-order valence-electron chi connectivity index (χ3n) is 3.93. The predicted molar refractivity (Wildman–Crippen MR) is 101 cm³/mol. The van der Waals surface area contributed by atoms with E-state index in [4.69, 9.17) is 0 Å². The Morgan fingerprint density at radius 2 is 1.96 bits per heavy atom. The van der Waals surface area contributed by atoms with Crippen molar-refractivity contribution in [1.82, 2.24) is 29.8 Å². The van der Waals surface area contributed by atoms with Crippen LogP contribution in [0.4, 0.5) is 5.13 Å². The minimum Gasteiger partial charge on any atom is -0.299 e. The first-order valence-corrected chi connectivity index (χ1v) is 8.95. The van der Waals surface area contributed by atoms with Crippen molar-refractivity contribution >= 4 is 33.3 Å². The normalized spacial score (nSPS) is 11.0. The summed E-state index contributed by atoms with van der Waals surface area (Å²) in [6.07, 6.45) is 1.61. The minimum atomic E-state index is -0.398. The first-order valence-electron chi connectivity index (χ1n) is 8.14. The van der Waals surface area contributed by atoms with Crippen molar-refractivity contribution in [2.24, 2.45) is 0 Å². The summed E-state index contributed by atoms with van der Waals surface area (Å²) in [5, 5.41) is 20.7. The first-order chi connectivity index (χ1) is 13.0. The van der Waals surface area contributed by atoms with Gasteiger partial charge < -0.3 is 0 Å². The van der Waals surface area contributed by atoms with Gasteiger partial charge in [-0.2, -0.15) is 10.2 Å². The van der Waals surface area contributed by atoms with Crippen LogP contribution in [-0.2, 0) is 11.3 Å². The molecule has 136 valence electrons. The SMILES string of the molecule is Cc1nnc(NC(=O)Cn2nc(C)c3cnn(-c4ccccc4)c3c2=O)s1. The third kappa shape index (κ3) is 3.22. The Kier molecular flexibility index (Phi) is 4.24. The largest absolute Gasteiger partial charge is 0.299 e. The number of hydrogen-bond acceptors (Lipinski definition) is 7. The van der Waals surface area contributed by atoms with E-state index < -0.39 is 5.91 Å². The summed E-state index contributed by atoms with van der Waals surface area (Å²) in [5.74, 6) is -0.398. The van der Waals surface area contributed by atoms with Crippen LogP contribution in [0.3, 0.4) is 0 Å². The molecule has 27 heavy (non-hydrogen) atoms. The monoisotopic (exact) mass is 381 g/mol. The molecule has 0 unspecified atom stereocenters. The third-order valence-corrected chi connectivity index (χ3v) is 4.69. The molecule has 1 aromatic carbocycles. The Labute approximate surface area is 157 Å². The van der Waals surface area contributed by atoms with Gasteiger partial charge in [-0.25, -0.2) is 9.36 Å². The second-order valence-electron chi connectivity index (χ2n) is 5.88. The van der Waals surface area contributed by atoms with Crippen LogP contribution in [0.5, 0.6) is 0 Å². The average Bonchev–Trinajstić information content (AvgIpc) is 3.27. The van der Waals surface area contributed by atoms with E-state index in [0.29, 0.717) is 21.7 Å². The molecule has 4 rings (SSSR count). The molecule has 4 aromatic rings. The molecular weight excluding hydrogens is 366 g/mol. The van der Waals surface area contributed by atoms with Gasteiger partial charge in [-0.3, -0.25) is 14.9 Å². The van der Waals surface area contributed by atoms with Crippen LogP contribution in [0.25, 0.3) is 16.6 Å². The molecule has 0 saturated carbocycles. The van der Waals surface area contributed by atoms with E-state index in [1.54, 1.807) is 24.7 Å². The van der Waals surface area contributed by atoms with E-state index in [1.807, 2.05) is 30.3 Å². The summed E-state index contributed by atoms with van der Waals surface area (Å²) in [6, 6.07) is 9.34. The van der Waals surface area contributed by atoms with Gasteiger partial charge in [0.2, 0.25) is 11.0 Å². The van der Waals surface area contributed by atoms with Crippen molar-refractivity contribution in [3.63, 3.8) is 0 Å².